The number of rotatable bonds is 6. The van der Waals surface area contributed by atoms with Gasteiger partial charge in [0.25, 0.3) is 0 Å². The lowest BCUT2D eigenvalue weighted by atomic mass is 10.2. The van der Waals surface area contributed by atoms with E-state index in [0.29, 0.717) is 0 Å². The Hall–Kier alpha value is -2.04. The Morgan fingerprint density at radius 3 is 2.70 bits per heavy atom. The summed E-state index contributed by atoms with van der Waals surface area (Å²) in [6.45, 7) is 7.82. The smallest absolute Gasteiger partial charge is 0.137 e. The molecule has 2 rings (SSSR count). The first-order valence-corrected chi connectivity index (χ1v) is 6.99. The lowest BCUT2D eigenvalue weighted by molar-refractivity contribution is 0.563. The summed E-state index contributed by atoms with van der Waals surface area (Å²) >= 11 is 0. The highest BCUT2D eigenvalue weighted by Crippen LogP contribution is 2.24. The minimum Gasteiger partial charge on any atom is -0.472 e. The minimum absolute atomic E-state index is 0.767. The third-order valence-electron chi connectivity index (χ3n) is 3.19. The van der Waals surface area contributed by atoms with Gasteiger partial charge in [-0.25, -0.2) is 9.97 Å². The summed E-state index contributed by atoms with van der Waals surface area (Å²) in [5, 5.41) is 3.31. The van der Waals surface area contributed by atoms with Crippen molar-refractivity contribution >= 4 is 11.6 Å². The molecule has 0 aromatic carbocycles. The van der Waals surface area contributed by atoms with Crippen molar-refractivity contribution in [3.05, 3.63) is 35.5 Å². The molecule has 0 fully saturated rings. The molecular formula is C15H22N4O. The molecule has 0 spiro atoms. The molecule has 0 radical (unpaired) electrons. The van der Waals surface area contributed by atoms with Crippen LogP contribution in [0.3, 0.4) is 0 Å². The van der Waals surface area contributed by atoms with Crippen LogP contribution in [-0.2, 0) is 13.0 Å². The van der Waals surface area contributed by atoms with Crippen molar-refractivity contribution in [3.63, 3.8) is 0 Å². The zero-order chi connectivity index (χ0) is 14.5. The molecule has 5 heteroatoms. The van der Waals surface area contributed by atoms with E-state index < -0.39 is 0 Å². The summed E-state index contributed by atoms with van der Waals surface area (Å²) in [7, 11) is 2.04. The molecule has 108 valence electrons. The third kappa shape index (κ3) is 3.10. The van der Waals surface area contributed by atoms with Gasteiger partial charge in [0.2, 0.25) is 0 Å². The van der Waals surface area contributed by atoms with Gasteiger partial charge in [0.1, 0.15) is 17.5 Å². The molecule has 1 N–H and O–H groups in total. The SMILES string of the molecule is CCNc1nc(CC)nc(N(C)Cc2ccoc2)c1C. The van der Waals surface area contributed by atoms with Gasteiger partial charge in [-0.15, -0.1) is 0 Å². The van der Waals surface area contributed by atoms with Crippen LogP contribution < -0.4 is 10.2 Å². The topological polar surface area (TPSA) is 54.2 Å². The number of hydrogen-bond acceptors (Lipinski definition) is 5. The molecule has 0 unspecified atom stereocenters. The first-order valence-electron chi connectivity index (χ1n) is 6.99. The maximum Gasteiger partial charge on any atom is 0.137 e. The fourth-order valence-electron chi connectivity index (χ4n) is 2.15. The van der Waals surface area contributed by atoms with E-state index in [1.165, 1.54) is 0 Å². The van der Waals surface area contributed by atoms with Gasteiger partial charge >= 0.3 is 0 Å². The van der Waals surface area contributed by atoms with E-state index >= 15 is 0 Å². The quantitative estimate of drug-likeness (QED) is 0.877. The number of anilines is 2. The number of aryl methyl sites for hydroxylation is 1. The second-order valence-electron chi connectivity index (χ2n) is 4.81. The summed E-state index contributed by atoms with van der Waals surface area (Å²) < 4.78 is 5.12. The van der Waals surface area contributed by atoms with Crippen LogP contribution >= 0.6 is 0 Å². The van der Waals surface area contributed by atoms with Gasteiger partial charge in [-0.2, -0.15) is 0 Å². The van der Waals surface area contributed by atoms with Crippen LogP contribution in [0.2, 0.25) is 0 Å². The van der Waals surface area contributed by atoms with Gasteiger partial charge < -0.3 is 14.6 Å². The van der Waals surface area contributed by atoms with E-state index in [0.717, 1.165) is 48.1 Å². The van der Waals surface area contributed by atoms with Crippen LogP contribution in [-0.4, -0.2) is 23.6 Å². The van der Waals surface area contributed by atoms with Gasteiger partial charge in [-0.3, -0.25) is 0 Å². The van der Waals surface area contributed by atoms with Crippen LogP contribution in [0, 0.1) is 6.92 Å². The van der Waals surface area contributed by atoms with Gasteiger partial charge in [-0.05, 0) is 19.9 Å². The largest absolute Gasteiger partial charge is 0.472 e. The first-order chi connectivity index (χ1) is 9.65. The predicted molar refractivity (Wildman–Crippen MR) is 81.1 cm³/mol. The van der Waals surface area contributed by atoms with E-state index in [-0.39, 0.29) is 0 Å². The maximum absolute atomic E-state index is 5.12. The highest BCUT2D eigenvalue weighted by Gasteiger charge is 2.14. The normalized spacial score (nSPS) is 10.6. The second-order valence-corrected chi connectivity index (χ2v) is 4.81. The van der Waals surface area contributed by atoms with Crippen molar-refractivity contribution in [2.45, 2.75) is 33.7 Å². The molecule has 0 aliphatic rings. The highest BCUT2D eigenvalue weighted by atomic mass is 16.3. The maximum atomic E-state index is 5.12. The number of furan rings is 1. The fraction of sp³-hybridized carbons (Fsp3) is 0.467. The molecule has 0 aliphatic heterocycles. The van der Waals surface area contributed by atoms with Gasteiger partial charge in [0.05, 0.1) is 12.5 Å². The number of aromatic nitrogens is 2. The number of nitrogens with one attached hydrogen (secondary N) is 1. The molecule has 2 heterocycles. The van der Waals surface area contributed by atoms with Crippen LogP contribution in [0.15, 0.2) is 23.0 Å². The molecular weight excluding hydrogens is 252 g/mol. The summed E-state index contributed by atoms with van der Waals surface area (Å²) in [5.74, 6) is 2.75. The highest BCUT2D eigenvalue weighted by molar-refractivity contribution is 5.58. The first kappa shape index (κ1) is 14.4. The average molecular weight is 274 g/mol. The second kappa shape index (κ2) is 6.41. The van der Waals surface area contributed by atoms with Crippen molar-refractivity contribution in [1.29, 1.82) is 0 Å². The Morgan fingerprint density at radius 1 is 1.30 bits per heavy atom. The van der Waals surface area contributed by atoms with E-state index in [9.17, 15) is 0 Å². The van der Waals surface area contributed by atoms with Crippen molar-refractivity contribution in [1.82, 2.24) is 9.97 Å². The Balaban J connectivity index is 2.31. The Morgan fingerprint density at radius 2 is 2.10 bits per heavy atom. The molecule has 2 aromatic rings. The molecule has 0 saturated heterocycles. The van der Waals surface area contributed by atoms with Crippen molar-refractivity contribution < 1.29 is 4.42 Å². The standard InChI is InChI=1S/C15H22N4O/c1-5-13-17-14(16-6-2)11(3)15(18-13)19(4)9-12-7-8-20-10-12/h7-8,10H,5-6,9H2,1-4H3,(H,16,17,18). The molecule has 2 aromatic heterocycles. The van der Waals surface area contributed by atoms with Crippen molar-refractivity contribution in [3.8, 4) is 0 Å². The molecule has 0 amide bonds. The zero-order valence-corrected chi connectivity index (χ0v) is 12.6. The molecule has 5 nitrogen and oxygen atoms in total. The lowest BCUT2D eigenvalue weighted by Gasteiger charge is -2.21. The Bertz CT molecular complexity index is 551. The summed E-state index contributed by atoms with van der Waals surface area (Å²) in [6.07, 6.45) is 4.28. The summed E-state index contributed by atoms with van der Waals surface area (Å²) in [4.78, 5) is 11.3. The van der Waals surface area contributed by atoms with E-state index in [4.69, 9.17) is 4.42 Å². The fourth-order valence-corrected chi connectivity index (χ4v) is 2.15. The van der Waals surface area contributed by atoms with Crippen LogP contribution in [0.5, 0.6) is 0 Å². The monoisotopic (exact) mass is 274 g/mol. The van der Waals surface area contributed by atoms with Crippen LogP contribution in [0.1, 0.15) is 30.8 Å². The van der Waals surface area contributed by atoms with Gasteiger partial charge in [0, 0.05) is 37.7 Å². The molecule has 0 bridgehead atoms. The van der Waals surface area contributed by atoms with E-state index in [1.54, 1.807) is 12.5 Å². The van der Waals surface area contributed by atoms with Crippen LogP contribution in [0.25, 0.3) is 0 Å². The van der Waals surface area contributed by atoms with Gasteiger partial charge in [-0.1, -0.05) is 6.92 Å². The van der Waals surface area contributed by atoms with E-state index in [1.807, 2.05) is 13.1 Å². The van der Waals surface area contributed by atoms with Gasteiger partial charge in [0.15, 0.2) is 0 Å². The predicted octanol–water partition coefficient (Wildman–Crippen LogP) is 3.01. The lowest BCUT2D eigenvalue weighted by Crippen LogP contribution is -2.20. The Kier molecular flexibility index (Phi) is 4.61. The summed E-state index contributed by atoms with van der Waals surface area (Å²) in [5.41, 5.74) is 2.21. The molecule has 20 heavy (non-hydrogen) atoms. The number of hydrogen-bond donors (Lipinski definition) is 1. The van der Waals surface area contributed by atoms with Crippen molar-refractivity contribution in [2.75, 3.05) is 23.8 Å². The Labute approximate surface area is 120 Å². The third-order valence-corrected chi connectivity index (χ3v) is 3.19. The van der Waals surface area contributed by atoms with Crippen molar-refractivity contribution in [2.24, 2.45) is 0 Å². The summed E-state index contributed by atoms with van der Waals surface area (Å²) in [6, 6.07) is 1.97. The molecule has 0 saturated carbocycles. The van der Waals surface area contributed by atoms with Crippen LogP contribution in [0.4, 0.5) is 11.6 Å². The number of nitrogens with zero attached hydrogens (tertiary/aromatic N) is 3. The average Bonchev–Trinajstić information content (AvgIpc) is 2.94. The molecule has 0 aliphatic carbocycles. The van der Waals surface area contributed by atoms with E-state index in [2.05, 4.69) is 41.0 Å². The minimum atomic E-state index is 0.767. The zero-order valence-electron chi connectivity index (χ0n) is 12.6. The molecule has 0 atom stereocenters.